The molecule has 0 aliphatic rings. The normalized spacial score (nSPS) is 11.3. The summed E-state index contributed by atoms with van der Waals surface area (Å²) in [6, 6.07) is 6.45. The smallest absolute Gasteiger partial charge is 0.323 e. The Morgan fingerprint density at radius 1 is 1.38 bits per heavy atom. The van der Waals surface area contributed by atoms with Crippen LogP contribution >= 0.6 is 11.6 Å². The third-order valence-electron chi connectivity index (χ3n) is 3.11. The number of hydrogen-bond acceptors (Lipinski definition) is 2. The highest BCUT2D eigenvalue weighted by molar-refractivity contribution is 6.30. The lowest BCUT2D eigenvalue weighted by Gasteiger charge is -2.30. The van der Waals surface area contributed by atoms with Crippen LogP contribution in [0.5, 0.6) is 0 Å². The van der Waals surface area contributed by atoms with Crippen molar-refractivity contribution >= 4 is 23.6 Å². The molecular formula is C15H17ClN2O3. The lowest BCUT2D eigenvalue weighted by atomic mass is 10.1. The van der Waals surface area contributed by atoms with Crippen molar-refractivity contribution in [3.05, 3.63) is 34.9 Å². The van der Waals surface area contributed by atoms with E-state index in [-0.39, 0.29) is 12.6 Å². The summed E-state index contributed by atoms with van der Waals surface area (Å²) < 4.78 is 0. The average molecular weight is 309 g/mol. The highest BCUT2D eigenvalue weighted by Gasteiger charge is 2.23. The molecule has 6 heteroatoms. The number of urea groups is 1. The molecule has 0 aromatic heterocycles. The predicted molar refractivity (Wildman–Crippen MR) is 81.1 cm³/mol. The summed E-state index contributed by atoms with van der Waals surface area (Å²) in [4.78, 5) is 25.7. The van der Waals surface area contributed by atoms with Crippen molar-refractivity contribution in [3.8, 4) is 12.3 Å². The molecule has 1 unspecified atom stereocenters. The second-order valence-electron chi connectivity index (χ2n) is 4.57. The Kier molecular flexibility index (Phi) is 6.07. The van der Waals surface area contributed by atoms with Crippen LogP contribution in [0.1, 0.15) is 18.5 Å². The molecule has 1 aromatic rings. The average Bonchev–Trinajstić information content (AvgIpc) is 2.45. The monoisotopic (exact) mass is 308 g/mol. The number of halogens is 1. The summed E-state index contributed by atoms with van der Waals surface area (Å²) in [7, 11) is 1.60. The van der Waals surface area contributed by atoms with E-state index in [1.165, 1.54) is 4.90 Å². The summed E-state index contributed by atoms with van der Waals surface area (Å²) in [5.41, 5.74) is 0.895. The molecule has 5 nitrogen and oxygen atoms in total. The molecule has 0 saturated carbocycles. The van der Waals surface area contributed by atoms with Crippen LogP contribution in [0.3, 0.4) is 0 Å². The molecule has 0 bridgehead atoms. The molecule has 1 aromatic carbocycles. The number of hydrogen-bond donors (Lipinski definition) is 1. The van der Waals surface area contributed by atoms with Gasteiger partial charge in [0, 0.05) is 12.1 Å². The Morgan fingerprint density at radius 3 is 2.43 bits per heavy atom. The van der Waals surface area contributed by atoms with Gasteiger partial charge in [0.05, 0.1) is 12.6 Å². The second kappa shape index (κ2) is 7.55. The maximum absolute atomic E-state index is 12.3. The van der Waals surface area contributed by atoms with Crippen molar-refractivity contribution in [2.45, 2.75) is 13.0 Å². The lowest BCUT2D eigenvalue weighted by Crippen LogP contribution is -2.44. The Morgan fingerprint density at radius 2 is 1.95 bits per heavy atom. The molecule has 1 atom stereocenters. The summed E-state index contributed by atoms with van der Waals surface area (Å²) in [5, 5.41) is 9.44. The number of carbonyl (C=O) groups excluding carboxylic acids is 1. The van der Waals surface area contributed by atoms with Gasteiger partial charge < -0.3 is 14.9 Å². The number of carbonyl (C=O) groups is 2. The summed E-state index contributed by atoms with van der Waals surface area (Å²) >= 11 is 5.83. The Labute approximate surface area is 129 Å². The van der Waals surface area contributed by atoms with E-state index in [1.54, 1.807) is 19.2 Å². The van der Waals surface area contributed by atoms with Crippen molar-refractivity contribution < 1.29 is 14.7 Å². The van der Waals surface area contributed by atoms with Crippen LogP contribution in [-0.4, -0.2) is 47.0 Å². The van der Waals surface area contributed by atoms with E-state index in [2.05, 4.69) is 5.92 Å². The standard InChI is InChI=1S/C15H17ClN2O3/c1-4-9-18(10-14(19)20)15(21)17(3)11(2)12-5-7-13(16)8-6-12/h1,5-8,11H,9-10H2,2-3H3,(H,19,20). The van der Waals surface area contributed by atoms with Crippen LogP contribution in [-0.2, 0) is 4.79 Å². The van der Waals surface area contributed by atoms with Gasteiger partial charge in [0.2, 0.25) is 0 Å². The molecule has 1 N–H and O–H groups in total. The molecule has 0 radical (unpaired) electrons. The van der Waals surface area contributed by atoms with Gasteiger partial charge in [-0.05, 0) is 24.6 Å². The lowest BCUT2D eigenvalue weighted by molar-refractivity contribution is -0.137. The van der Waals surface area contributed by atoms with E-state index in [4.69, 9.17) is 23.1 Å². The topological polar surface area (TPSA) is 60.9 Å². The van der Waals surface area contributed by atoms with Gasteiger partial charge in [-0.1, -0.05) is 29.7 Å². The zero-order valence-corrected chi connectivity index (χ0v) is 12.7. The molecule has 0 aliphatic heterocycles. The molecule has 21 heavy (non-hydrogen) atoms. The molecule has 0 fully saturated rings. The van der Waals surface area contributed by atoms with E-state index < -0.39 is 18.5 Å². The largest absolute Gasteiger partial charge is 0.480 e. The van der Waals surface area contributed by atoms with Gasteiger partial charge in [0.1, 0.15) is 6.54 Å². The number of amides is 2. The van der Waals surface area contributed by atoms with Gasteiger partial charge in [-0.25, -0.2) is 4.79 Å². The number of nitrogens with zero attached hydrogens (tertiary/aromatic N) is 2. The van der Waals surface area contributed by atoms with Crippen LogP contribution in [0.2, 0.25) is 5.02 Å². The first-order valence-electron chi connectivity index (χ1n) is 6.29. The molecule has 0 saturated heterocycles. The van der Waals surface area contributed by atoms with Gasteiger partial charge in [0.15, 0.2) is 0 Å². The molecule has 112 valence electrons. The van der Waals surface area contributed by atoms with Crippen molar-refractivity contribution in [1.29, 1.82) is 0 Å². The highest BCUT2D eigenvalue weighted by atomic mass is 35.5. The van der Waals surface area contributed by atoms with Crippen molar-refractivity contribution in [1.82, 2.24) is 9.80 Å². The minimum Gasteiger partial charge on any atom is -0.480 e. The van der Waals surface area contributed by atoms with Gasteiger partial charge in [0.25, 0.3) is 0 Å². The van der Waals surface area contributed by atoms with Crippen molar-refractivity contribution in [3.63, 3.8) is 0 Å². The van der Waals surface area contributed by atoms with Crippen LogP contribution < -0.4 is 0 Å². The maximum Gasteiger partial charge on any atom is 0.323 e. The SMILES string of the molecule is C#CCN(CC(=O)O)C(=O)N(C)C(C)c1ccc(Cl)cc1. The number of carboxylic acids is 1. The van der Waals surface area contributed by atoms with E-state index in [0.717, 1.165) is 10.5 Å². The first kappa shape index (κ1) is 16.9. The second-order valence-corrected chi connectivity index (χ2v) is 5.01. The van der Waals surface area contributed by atoms with Gasteiger partial charge >= 0.3 is 12.0 Å². The zero-order chi connectivity index (χ0) is 16.0. The number of aliphatic carboxylic acids is 1. The van der Waals surface area contributed by atoms with Gasteiger partial charge in [-0.3, -0.25) is 4.79 Å². The molecule has 0 aliphatic carbocycles. The third-order valence-corrected chi connectivity index (χ3v) is 3.37. The van der Waals surface area contributed by atoms with E-state index in [9.17, 15) is 9.59 Å². The first-order valence-corrected chi connectivity index (χ1v) is 6.67. The molecule has 1 rings (SSSR count). The quantitative estimate of drug-likeness (QED) is 0.850. The Hall–Kier alpha value is -2.19. The van der Waals surface area contributed by atoms with Crippen LogP contribution in [0.15, 0.2) is 24.3 Å². The molecule has 0 spiro atoms. The zero-order valence-electron chi connectivity index (χ0n) is 11.9. The van der Waals surface area contributed by atoms with Crippen molar-refractivity contribution in [2.75, 3.05) is 20.1 Å². The van der Waals surface area contributed by atoms with Gasteiger partial charge in [-0.2, -0.15) is 0 Å². The van der Waals surface area contributed by atoms with E-state index in [0.29, 0.717) is 5.02 Å². The number of rotatable bonds is 5. The Balaban J connectivity index is 2.86. The number of terminal acetylenes is 1. The fraction of sp³-hybridized carbons (Fsp3) is 0.333. The third kappa shape index (κ3) is 4.69. The molecule has 0 heterocycles. The maximum atomic E-state index is 12.3. The van der Waals surface area contributed by atoms with Crippen LogP contribution in [0.4, 0.5) is 4.79 Å². The predicted octanol–water partition coefficient (Wildman–Crippen LogP) is 2.47. The van der Waals surface area contributed by atoms with E-state index >= 15 is 0 Å². The van der Waals surface area contributed by atoms with Gasteiger partial charge in [-0.15, -0.1) is 6.42 Å². The van der Waals surface area contributed by atoms with E-state index in [1.807, 2.05) is 19.1 Å². The first-order chi connectivity index (χ1) is 9.86. The minimum atomic E-state index is -1.11. The van der Waals surface area contributed by atoms with Crippen LogP contribution in [0, 0.1) is 12.3 Å². The number of benzene rings is 1. The van der Waals surface area contributed by atoms with Crippen molar-refractivity contribution in [2.24, 2.45) is 0 Å². The summed E-state index contributed by atoms with van der Waals surface area (Å²) in [5.74, 6) is 1.19. The minimum absolute atomic E-state index is 0.0528. The molecule has 2 amide bonds. The number of carboxylic acid groups (broad SMARTS) is 1. The fourth-order valence-electron chi connectivity index (χ4n) is 1.82. The Bertz CT molecular complexity index is 551. The summed E-state index contributed by atoms with van der Waals surface area (Å²) in [6.45, 7) is 1.36. The highest BCUT2D eigenvalue weighted by Crippen LogP contribution is 2.21. The fourth-order valence-corrected chi connectivity index (χ4v) is 1.94. The summed E-state index contributed by atoms with van der Waals surface area (Å²) in [6.07, 6.45) is 5.18. The molecular weight excluding hydrogens is 292 g/mol. The van der Waals surface area contributed by atoms with Crippen LogP contribution in [0.25, 0.3) is 0 Å².